The van der Waals surface area contributed by atoms with E-state index in [0.29, 0.717) is 0 Å². The van der Waals surface area contributed by atoms with E-state index in [9.17, 15) is 0 Å². The van der Waals surface area contributed by atoms with Crippen molar-refractivity contribution in [2.75, 3.05) is 12.8 Å². The van der Waals surface area contributed by atoms with E-state index in [1.807, 2.05) is 19.1 Å². The molecule has 0 aliphatic heterocycles. The molecule has 0 saturated carbocycles. The molecule has 0 aliphatic carbocycles. The summed E-state index contributed by atoms with van der Waals surface area (Å²) in [4.78, 5) is 3.29. The minimum atomic E-state index is 0.733. The predicted octanol–water partition coefficient (Wildman–Crippen LogP) is 2.38. The van der Waals surface area contributed by atoms with Crippen LogP contribution >= 0.6 is 0 Å². The van der Waals surface area contributed by atoms with Crippen molar-refractivity contribution >= 4 is 16.6 Å². The second-order valence-electron chi connectivity index (χ2n) is 3.52. The molecule has 3 heteroatoms. The highest BCUT2D eigenvalue weighted by Crippen LogP contribution is 2.31. The molecule has 3 nitrogen and oxygen atoms in total. The number of anilines is 1. The lowest BCUT2D eigenvalue weighted by Crippen LogP contribution is -1.89. The van der Waals surface area contributed by atoms with Crippen LogP contribution in [0.5, 0.6) is 5.75 Å². The minimum absolute atomic E-state index is 0.733. The summed E-state index contributed by atoms with van der Waals surface area (Å²) in [6.45, 7) is 4.12. The summed E-state index contributed by atoms with van der Waals surface area (Å²) < 4.78 is 5.27. The Hall–Kier alpha value is -1.64. The third kappa shape index (κ3) is 1.13. The number of H-pyrrole nitrogens is 1. The molecule has 0 unspecified atom stereocenters. The molecule has 0 aliphatic rings. The van der Waals surface area contributed by atoms with Crippen LogP contribution in [0.25, 0.3) is 10.9 Å². The average Bonchev–Trinajstić information content (AvgIpc) is 2.43. The number of ether oxygens (including phenoxy) is 1. The number of nitrogens with two attached hydrogens (primary N) is 1. The summed E-state index contributed by atoms with van der Waals surface area (Å²) in [7, 11) is 1.65. The van der Waals surface area contributed by atoms with Gasteiger partial charge >= 0.3 is 0 Å². The maximum absolute atomic E-state index is 5.78. The summed E-state index contributed by atoms with van der Waals surface area (Å²) in [5.74, 6) is 0.802. The molecular weight excluding hydrogens is 176 g/mol. The first-order valence-corrected chi connectivity index (χ1v) is 4.56. The molecule has 0 fully saturated rings. The van der Waals surface area contributed by atoms with Gasteiger partial charge in [0, 0.05) is 22.8 Å². The van der Waals surface area contributed by atoms with Gasteiger partial charge in [-0.25, -0.2) is 0 Å². The molecule has 1 aromatic heterocycles. The van der Waals surface area contributed by atoms with E-state index in [1.54, 1.807) is 7.11 Å². The summed E-state index contributed by atoms with van der Waals surface area (Å²) >= 11 is 0. The highest BCUT2D eigenvalue weighted by atomic mass is 16.5. The van der Waals surface area contributed by atoms with Crippen molar-refractivity contribution in [3.8, 4) is 5.75 Å². The first-order chi connectivity index (χ1) is 6.63. The van der Waals surface area contributed by atoms with Gasteiger partial charge in [-0.1, -0.05) is 0 Å². The number of aromatic amines is 1. The number of hydrogen-bond donors (Lipinski definition) is 2. The van der Waals surface area contributed by atoms with E-state index in [-0.39, 0.29) is 0 Å². The molecule has 1 heterocycles. The Balaban J connectivity index is 2.87. The highest BCUT2D eigenvalue weighted by molar-refractivity contribution is 5.92. The lowest BCUT2D eigenvalue weighted by molar-refractivity contribution is 0.419. The number of benzene rings is 1. The summed E-state index contributed by atoms with van der Waals surface area (Å²) in [6.07, 6.45) is 0. The van der Waals surface area contributed by atoms with Gasteiger partial charge in [0.25, 0.3) is 0 Å². The molecular formula is C11H14N2O. The lowest BCUT2D eigenvalue weighted by Gasteiger charge is -2.03. The highest BCUT2D eigenvalue weighted by Gasteiger charge is 2.09. The summed E-state index contributed by atoms with van der Waals surface area (Å²) in [6, 6.07) is 3.80. The van der Waals surface area contributed by atoms with E-state index in [0.717, 1.165) is 28.0 Å². The predicted molar refractivity (Wildman–Crippen MR) is 58.7 cm³/mol. The van der Waals surface area contributed by atoms with E-state index >= 15 is 0 Å². The molecule has 0 amide bonds. The third-order valence-electron chi connectivity index (χ3n) is 2.62. The van der Waals surface area contributed by atoms with Gasteiger partial charge < -0.3 is 15.5 Å². The normalized spacial score (nSPS) is 10.8. The molecule has 0 radical (unpaired) electrons. The van der Waals surface area contributed by atoms with Gasteiger partial charge in [0.2, 0.25) is 0 Å². The van der Waals surface area contributed by atoms with Crippen LogP contribution in [0.2, 0.25) is 0 Å². The maximum atomic E-state index is 5.78. The molecule has 0 saturated heterocycles. The van der Waals surface area contributed by atoms with E-state index in [1.165, 1.54) is 5.56 Å². The molecule has 0 spiro atoms. The van der Waals surface area contributed by atoms with Crippen molar-refractivity contribution in [1.82, 2.24) is 4.98 Å². The Morgan fingerprint density at radius 3 is 2.64 bits per heavy atom. The van der Waals surface area contributed by atoms with Gasteiger partial charge in [0.15, 0.2) is 0 Å². The molecule has 1 aromatic carbocycles. The van der Waals surface area contributed by atoms with E-state index < -0.39 is 0 Å². The number of aryl methyl sites for hydroxylation is 2. The summed E-state index contributed by atoms with van der Waals surface area (Å²) in [5, 5.41) is 1.14. The minimum Gasteiger partial charge on any atom is -0.494 e. The van der Waals surface area contributed by atoms with Crippen molar-refractivity contribution < 1.29 is 4.74 Å². The fourth-order valence-corrected chi connectivity index (χ4v) is 1.71. The van der Waals surface area contributed by atoms with Gasteiger partial charge in [0.05, 0.1) is 12.6 Å². The van der Waals surface area contributed by atoms with Crippen LogP contribution in [-0.2, 0) is 0 Å². The number of hydrogen-bond acceptors (Lipinski definition) is 2. The van der Waals surface area contributed by atoms with Gasteiger partial charge in [-0.05, 0) is 25.5 Å². The van der Waals surface area contributed by atoms with Gasteiger partial charge in [-0.15, -0.1) is 0 Å². The fourth-order valence-electron chi connectivity index (χ4n) is 1.71. The van der Waals surface area contributed by atoms with Gasteiger partial charge in [-0.2, -0.15) is 0 Å². The van der Waals surface area contributed by atoms with Gasteiger partial charge in [-0.3, -0.25) is 0 Å². The Morgan fingerprint density at radius 1 is 1.29 bits per heavy atom. The Bertz CT molecular complexity index is 485. The molecule has 74 valence electrons. The monoisotopic (exact) mass is 190 g/mol. The maximum Gasteiger partial charge on any atom is 0.144 e. The average molecular weight is 190 g/mol. The Kier molecular flexibility index (Phi) is 1.88. The standard InChI is InChI=1S/C11H14N2O/c1-6-7(2)13-11-9(6)4-8(12)5-10(11)14-3/h4-5,13H,12H2,1-3H3. The largest absolute Gasteiger partial charge is 0.494 e. The first-order valence-electron chi connectivity index (χ1n) is 4.56. The molecule has 0 bridgehead atoms. The first kappa shape index (κ1) is 8.94. The molecule has 2 rings (SSSR count). The molecule has 2 aromatic rings. The van der Waals surface area contributed by atoms with Crippen LogP contribution in [0.15, 0.2) is 12.1 Å². The number of methoxy groups -OCH3 is 1. The summed E-state index contributed by atoms with van der Waals surface area (Å²) in [5.41, 5.74) is 9.93. The topological polar surface area (TPSA) is 51.0 Å². The SMILES string of the molecule is COc1cc(N)cc2c(C)c(C)[nH]c12. The number of nitrogens with one attached hydrogen (secondary N) is 1. The second kappa shape index (κ2) is 2.94. The van der Waals surface area contributed by atoms with Crippen molar-refractivity contribution in [2.45, 2.75) is 13.8 Å². The lowest BCUT2D eigenvalue weighted by atomic mass is 10.1. The smallest absolute Gasteiger partial charge is 0.144 e. The van der Waals surface area contributed by atoms with Crippen molar-refractivity contribution in [2.24, 2.45) is 0 Å². The number of rotatable bonds is 1. The zero-order valence-electron chi connectivity index (χ0n) is 8.64. The zero-order valence-corrected chi connectivity index (χ0v) is 8.64. The van der Waals surface area contributed by atoms with E-state index in [4.69, 9.17) is 10.5 Å². The van der Waals surface area contributed by atoms with Crippen LogP contribution < -0.4 is 10.5 Å². The Labute approximate surface area is 82.9 Å². The molecule has 3 N–H and O–H groups in total. The third-order valence-corrected chi connectivity index (χ3v) is 2.62. The number of nitrogen functional groups attached to an aromatic ring is 1. The van der Waals surface area contributed by atoms with Crippen LogP contribution in [0, 0.1) is 13.8 Å². The van der Waals surface area contributed by atoms with Crippen molar-refractivity contribution in [1.29, 1.82) is 0 Å². The van der Waals surface area contributed by atoms with Crippen LogP contribution in [0.1, 0.15) is 11.3 Å². The quantitative estimate of drug-likeness (QED) is 0.678. The van der Waals surface area contributed by atoms with Crippen LogP contribution in [-0.4, -0.2) is 12.1 Å². The number of aromatic nitrogens is 1. The van der Waals surface area contributed by atoms with Gasteiger partial charge in [0.1, 0.15) is 5.75 Å². The number of fused-ring (bicyclic) bond motifs is 1. The second-order valence-corrected chi connectivity index (χ2v) is 3.52. The molecule has 14 heavy (non-hydrogen) atoms. The van der Waals surface area contributed by atoms with Crippen molar-refractivity contribution in [3.63, 3.8) is 0 Å². The fraction of sp³-hybridized carbons (Fsp3) is 0.273. The zero-order chi connectivity index (χ0) is 10.3. The van der Waals surface area contributed by atoms with Crippen LogP contribution in [0.3, 0.4) is 0 Å². The van der Waals surface area contributed by atoms with E-state index in [2.05, 4.69) is 11.9 Å². The molecule has 0 atom stereocenters. The van der Waals surface area contributed by atoms with Crippen LogP contribution in [0.4, 0.5) is 5.69 Å². The Morgan fingerprint density at radius 2 is 2.00 bits per heavy atom. The van der Waals surface area contributed by atoms with Crippen molar-refractivity contribution in [3.05, 3.63) is 23.4 Å².